The lowest BCUT2D eigenvalue weighted by atomic mass is 9.73. The monoisotopic (exact) mass is 404 g/mol. The number of hydrogen-bond acceptors (Lipinski definition) is 4. The van der Waals surface area contributed by atoms with Crippen LogP contribution in [0.4, 0.5) is 5.69 Å². The number of nitrogens with one attached hydrogen (secondary N) is 1. The van der Waals surface area contributed by atoms with Crippen molar-refractivity contribution >= 4 is 22.5 Å². The Labute approximate surface area is 177 Å². The fraction of sp³-hybridized carbons (Fsp3) is 0.360. The summed E-state index contributed by atoms with van der Waals surface area (Å²) < 4.78 is 11.5. The van der Waals surface area contributed by atoms with Gasteiger partial charge in [-0.25, -0.2) is 0 Å². The lowest BCUT2D eigenvalue weighted by Crippen LogP contribution is -2.44. The molecular formula is C25H28N2O3. The number of anilines is 1. The molecule has 1 N–H and O–H groups in total. The molecule has 156 valence electrons. The minimum absolute atomic E-state index is 0.00185. The zero-order chi connectivity index (χ0) is 21.0. The number of fused-ring (bicyclic) bond motifs is 1. The number of amides is 1. The molecule has 1 aromatic heterocycles. The molecule has 1 aliphatic rings. The highest BCUT2D eigenvalue weighted by molar-refractivity contribution is 6.06. The van der Waals surface area contributed by atoms with Crippen molar-refractivity contribution in [1.82, 2.24) is 4.98 Å². The van der Waals surface area contributed by atoms with Crippen LogP contribution in [0.15, 0.2) is 60.8 Å². The lowest BCUT2D eigenvalue weighted by Gasteiger charge is -2.36. The summed E-state index contributed by atoms with van der Waals surface area (Å²) in [5.41, 5.74) is 1.95. The first-order chi connectivity index (χ1) is 14.6. The van der Waals surface area contributed by atoms with E-state index in [0.29, 0.717) is 38.6 Å². The number of rotatable bonds is 6. The normalized spacial score (nSPS) is 15.8. The zero-order valence-corrected chi connectivity index (χ0v) is 17.6. The molecule has 30 heavy (non-hydrogen) atoms. The highest BCUT2D eigenvalue weighted by Gasteiger charge is 2.41. The summed E-state index contributed by atoms with van der Waals surface area (Å²) in [7, 11) is 0. The van der Waals surface area contributed by atoms with Gasteiger partial charge in [-0.2, -0.15) is 0 Å². The van der Waals surface area contributed by atoms with E-state index < -0.39 is 5.41 Å². The Hall–Kier alpha value is -2.92. The van der Waals surface area contributed by atoms with Crippen molar-refractivity contribution in [2.45, 2.75) is 32.1 Å². The average Bonchev–Trinajstić information content (AvgIpc) is 2.79. The molecule has 2 aromatic carbocycles. The van der Waals surface area contributed by atoms with Crippen LogP contribution in [-0.4, -0.2) is 30.7 Å². The summed E-state index contributed by atoms with van der Waals surface area (Å²) in [6, 6.07) is 17.7. The largest absolute Gasteiger partial charge is 0.491 e. The molecule has 0 bridgehead atoms. The van der Waals surface area contributed by atoms with Gasteiger partial charge < -0.3 is 14.8 Å². The van der Waals surface area contributed by atoms with Crippen molar-refractivity contribution in [1.29, 1.82) is 0 Å². The van der Waals surface area contributed by atoms with E-state index in [4.69, 9.17) is 9.47 Å². The fourth-order valence-electron chi connectivity index (χ4n) is 3.99. The summed E-state index contributed by atoms with van der Waals surface area (Å²) >= 11 is 0. The standard InChI is InChI=1S/C25H28N2O3/c1-18(2)17-30-22-11-10-21(20-9-6-14-26-23(20)22)27-24(28)25(12-15-29-16-13-25)19-7-4-3-5-8-19/h3-11,14,18H,12-13,15-17H2,1-2H3,(H,27,28). The maximum Gasteiger partial charge on any atom is 0.235 e. The Morgan fingerprint density at radius 1 is 1.10 bits per heavy atom. The van der Waals surface area contributed by atoms with Crippen LogP contribution in [0.25, 0.3) is 10.9 Å². The molecule has 5 nitrogen and oxygen atoms in total. The average molecular weight is 405 g/mol. The Bertz CT molecular complexity index is 1010. The van der Waals surface area contributed by atoms with Gasteiger partial charge in [-0.3, -0.25) is 9.78 Å². The Morgan fingerprint density at radius 2 is 1.87 bits per heavy atom. The second-order valence-corrected chi connectivity index (χ2v) is 8.23. The van der Waals surface area contributed by atoms with E-state index in [0.717, 1.165) is 27.9 Å². The third kappa shape index (κ3) is 4.03. The molecule has 1 aliphatic heterocycles. The number of ether oxygens (including phenoxy) is 2. The molecule has 0 atom stereocenters. The van der Waals surface area contributed by atoms with Gasteiger partial charge in [0.25, 0.3) is 0 Å². The van der Waals surface area contributed by atoms with Gasteiger partial charge in [0.05, 0.1) is 17.7 Å². The first-order valence-electron chi connectivity index (χ1n) is 10.6. The van der Waals surface area contributed by atoms with Crippen molar-refractivity contribution in [2.75, 3.05) is 25.1 Å². The van der Waals surface area contributed by atoms with Crippen molar-refractivity contribution < 1.29 is 14.3 Å². The van der Waals surface area contributed by atoms with Crippen molar-refractivity contribution in [3.05, 3.63) is 66.4 Å². The fourth-order valence-corrected chi connectivity index (χ4v) is 3.99. The summed E-state index contributed by atoms with van der Waals surface area (Å²) in [6.07, 6.45) is 3.07. The second-order valence-electron chi connectivity index (χ2n) is 8.23. The summed E-state index contributed by atoms with van der Waals surface area (Å²) in [5.74, 6) is 1.15. The van der Waals surface area contributed by atoms with Crippen LogP contribution in [0.3, 0.4) is 0 Å². The number of benzene rings is 2. The molecule has 1 amide bonds. The van der Waals surface area contributed by atoms with Gasteiger partial charge in [0.2, 0.25) is 5.91 Å². The SMILES string of the molecule is CC(C)COc1ccc(NC(=O)C2(c3ccccc3)CCOCC2)c2cccnc12. The number of carbonyl (C=O) groups is 1. The molecule has 0 spiro atoms. The van der Waals surface area contributed by atoms with Crippen LogP contribution in [0.2, 0.25) is 0 Å². The maximum atomic E-state index is 13.6. The molecule has 1 fully saturated rings. The molecule has 1 saturated heterocycles. The highest BCUT2D eigenvalue weighted by atomic mass is 16.5. The summed E-state index contributed by atoms with van der Waals surface area (Å²) in [5, 5.41) is 4.07. The van der Waals surface area contributed by atoms with E-state index in [1.54, 1.807) is 6.20 Å². The van der Waals surface area contributed by atoms with E-state index in [1.165, 1.54) is 0 Å². The predicted octanol–water partition coefficient (Wildman–Crippen LogP) is 4.96. The molecule has 4 rings (SSSR count). The third-order valence-electron chi connectivity index (χ3n) is 5.66. The Balaban J connectivity index is 1.68. The predicted molar refractivity (Wildman–Crippen MR) is 119 cm³/mol. The number of aromatic nitrogens is 1. The van der Waals surface area contributed by atoms with Crippen molar-refractivity contribution in [3.8, 4) is 5.75 Å². The molecule has 0 saturated carbocycles. The summed E-state index contributed by atoms with van der Waals surface area (Å²) in [4.78, 5) is 18.1. The molecule has 2 heterocycles. The van der Waals surface area contributed by atoms with E-state index in [-0.39, 0.29) is 5.91 Å². The molecular weight excluding hydrogens is 376 g/mol. The van der Waals surface area contributed by atoms with Gasteiger partial charge in [0.1, 0.15) is 11.3 Å². The molecule has 0 unspecified atom stereocenters. The van der Waals surface area contributed by atoms with E-state index >= 15 is 0 Å². The Morgan fingerprint density at radius 3 is 2.60 bits per heavy atom. The highest BCUT2D eigenvalue weighted by Crippen LogP contribution is 2.37. The third-order valence-corrected chi connectivity index (χ3v) is 5.66. The van der Waals surface area contributed by atoms with Crippen LogP contribution < -0.4 is 10.1 Å². The van der Waals surface area contributed by atoms with Crippen molar-refractivity contribution in [3.63, 3.8) is 0 Å². The molecule has 0 radical (unpaired) electrons. The lowest BCUT2D eigenvalue weighted by molar-refractivity contribution is -0.125. The van der Waals surface area contributed by atoms with Crippen molar-refractivity contribution in [2.24, 2.45) is 5.92 Å². The number of hydrogen-bond donors (Lipinski definition) is 1. The van der Waals surface area contributed by atoms with E-state index in [1.807, 2.05) is 54.6 Å². The number of carbonyl (C=O) groups excluding carboxylic acids is 1. The number of pyridine rings is 1. The van der Waals surface area contributed by atoms with Gasteiger partial charge in [-0.05, 0) is 48.6 Å². The first-order valence-corrected chi connectivity index (χ1v) is 10.6. The smallest absolute Gasteiger partial charge is 0.235 e. The van der Waals surface area contributed by atoms with E-state index in [2.05, 4.69) is 24.1 Å². The van der Waals surface area contributed by atoms with Crippen LogP contribution in [-0.2, 0) is 14.9 Å². The zero-order valence-electron chi connectivity index (χ0n) is 17.6. The molecule has 3 aromatic rings. The molecule has 5 heteroatoms. The minimum Gasteiger partial charge on any atom is -0.491 e. The van der Waals surface area contributed by atoms with Gasteiger partial charge in [0.15, 0.2) is 0 Å². The maximum absolute atomic E-state index is 13.6. The van der Waals surface area contributed by atoms with Crippen LogP contribution in [0, 0.1) is 5.92 Å². The Kier molecular flexibility index (Phi) is 6.00. The quantitative estimate of drug-likeness (QED) is 0.631. The summed E-state index contributed by atoms with van der Waals surface area (Å²) in [6.45, 7) is 6.00. The van der Waals surface area contributed by atoms with Gasteiger partial charge in [-0.15, -0.1) is 0 Å². The van der Waals surface area contributed by atoms with Gasteiger partial charge in [-0.1, -0.05) is 44.2 Å². The van der Waals surface area contributed by atoms with Crippen LogP contribution in [0.1, 0.15) is 32.3 Å². The second kappa shape index (κ2) is 8.84. The minimum atomic E-state index is -0.596. The van der Waals surface area contributed by atoms with E-state index in [9.17, 15) is 4.79 Å². The first kappa shape index (κ1) is 20.4. The van der Waals surface area contributed by atoms with Gasteiger partial charge in [0, 0.05) is 24.8 Å². The van der Waals surface area contributed by atoms with Crippen LogP contribution in [0.5, 0.6) is 5.75 Å². The molecule has 0 aliphatic carbocycles. The van der Waals surface area contributed by atoms with Crippen LogP contribution >= 0.6 is 0 Å². The van der Waals surface area contributed by atoms with Gasteiger partial charge >= 0.3 is 0 Å². The topological polar surface area (TPSA) is 60.5 Å². The number of nitrogens with zero attached hydrogens (tertiary/aromatic N) is 1.